The average Bonchev–Trinajstić information content (AvgIpc) is 3.18. The lowest BCUT2D eigenvalue weighted by Crippen LogP contribution is -2.39. The van der Waals surface area contributed by atoms with Crippen molar-refractivity contribution < 1.29 is 24.1 Å². The van der Waals surface area contributed by atoms with Crippen LogP contribution in [0.1, 0.15) is 30.0 Å². The van der Waals surface area contributed by atoms with Crippen LogP contribution in [-0.4, -0.2) is 49.9 Å². The van der Waals surface area contributed by atoms with Gasteiger partial charge >= 0.3 is 5.97 Å². The minimum atomic E-state index is -0.816. The van der Waals surface area contributed by atoms with Crippen molar-refractivity contribution in [1.29, 1.82) is 0 Å². The van der Waals surface area contributed by atoms with Gasteiger partial charge in [-0.2, -0.15) is 0 Å². The third kappa shape index (κ3) is 3.88. The lowest BCUT2D eigenvalue weighted by molar-refractivity contribution is -0.142. The van der Waals surface area contributed by atoms with Crippen LogP contribution in [0.25, 0.3) is 0 Å². The highest BCUT2D eigenvalue weighted by molar-refractivity contribution is 6.30. The van der Waals surface area contributed by atoms with Crippen LogP contribution in [0.15, 0.2) is 36.4 Å². The lowest BCUT2D eigenvalue weighted by Gasteiger charge is -2.32. The van der Waals surface area contributed by atoms with Crippen LogP contribution >= 0.6 is 11.6 Å². The van der Waals surface area contributed by atoms with Gasteiger partial charge in [0.25, 0.3) is 0 Å². The van der Waals surface area contributed by atoms with Gasteiger partial charge in [-0.3, -0.25) is 9.69 Å². The molecule has 28 heavy (non-hydrogen) atoms. The van der Waals surface area contributed by atoms with Gasteiger partial charge in [-0.15, -0.1) is 0 Å². The smallest absolute Gasteiger partial charge is 0.320 e. The average molecular weight is 406 g/mol. The fraction of sp³-hybridized carbons (Fsp3) is 0.381. The molecule has 2 unspecified atom stereocenters. The standard InChI is InChI=1S/C21H24ClNO5/c1-26-17-11-14(12-18(27-2)20(17)28-3)19(13-6-8-15(22)9-7-13)23-10-4-5-16(23)21(24)25/h6-9,11-12,16,19H,4-5,10H2,1-3H3,(H,24,25). The Morgan fingerprint density at radius 2 is 1.68 bits per heavy atom. The molecule has 2 atom stereocenters. The molecule has 2 aromatic rings. The predicted molar refractivity (Wildman–Crippen MR) is 107 cm³/mol. The number of ether oxygens (including phenoxy) is 3. The minimum Gasteiger partial charge on any atom is -0.493 e. The second-order valence-electron chi connectivity index (χ2n) is 6.65. The van der Waals surface area contributed by atoms with Crippen molar-refractivity contribution in [2.24, 2.45) is 0 Å². The molecule has 0 bridgehead atoms. The SMILES string of the molecule is COc1cc(C(c2ccc(Cl)cc2)N2CCCC2C(=O)O)cc(OC)c1OC. The monoisotopic (exact) mass is 405 g/mol. The Balaban J connectivity index is 2.16. The maximum atomic E-state index is 11.8. The van der Waals surface area contributed by atoms with E-state index in [1.807, 2.05) is 41.3 Å². The molecular formula is C21H24ClNO5. The molecule has 3 rings (SSSR count). The summed E-state index contributed by atoms with van der Waals surface area (Å²) in [5.41, 5.74) is 1.82. The lowest BCUT2D eigenvalue weighted by atomic mass is 9.95. The van der Waals surface area contributed by atoms with Crippen molar-refractivity contribution in [2.45, 2.75) is 24.9 Å². The Morgan fingerprint density at radius 3 is 2.18 bits per heavy atom. The van der Waals surface area contributed by atoms with E-state index in [2.05, 4.69) is 0 Å². The van der Waals surface area contributed by atoms with E-state index < -0.39 is 12.0 Å². The molecule has 1 saturated heterocycles. The zero-order chi connectivity index (χ0) is 20.3. The highest BCUT2D eigenvalue weighted by atomic mass is 35.5. The van der Waals surface area contributed by atoms with Gasteiger partial charge in [0.15, 0.2) is 11.5 Å². The molecule has 1 aliphatic rings. The van der Waals surface area contributed by atoms with E-state index in [-0.39, 0.29) is 6.04 Å². The molecule has 1 fully saturated rings. The van der Waals surface area contributed by atoms with Crippen LogP contribution in [0.5, 0.6) is 17.2 Å². The van der Waals surface area contributed by atoms with Crippen LogP contribution in [0.3, 0.4) is 0 Å². The first kappa shape index (κ1) is 20.3. The minimum absolute atomic E-state index is 0.283. The van der Waals surface area contributed by atoms with E-state index >= 15 is 0 Å². The van der Waals surface area contributed by atoms with E-state index in [9.17, 15) is 9.90 Å². The largest absolute Gasteiger partial charge is 0.493 e. The number of benzene rings is 2. The Morgan fingerprint density at radius 1 is 1.07 bits per heavy atom. The number of methoxy groups -OCH3 is 3. The first-order valence-corrected chi connectivity index (χ1v) is 9.41. The van der Waals surface area contributed by atoms with Gasteiger partial charge in [0.1, 0.15) is 6.04 Å². The van der Waals surface area contributed by atoms with E-state index in [1.165, 1.54) is 0 Å². The van der Waals surface area contributed by atoms with Gasteiger partial charge in [-0.05, 0) is 48.2 Å². The summed E-state index contributed by atoms with van der Waals surface area (Å²) in [5, 5.41) is 10.4. The third-order valence-electron chi connectivity index (χ3n) is 5.10. The van der Waals surface area contributed by atoms with Crippen LogP contribution in [0.2, 0.25) is 5.02 Å². The van der Waals surface area contributed by atoms with Crippen LogP contribution in [-0.2, 0) is 4.79 Å². The molecule has 0 saturated carbocycles. The molecule has 2 aromatic carbocycles. The maximum absolute atomic E-state index is 11.8. The summed E-state index contributed by atoms with van der Waals surface area (Å²) in [6.45, 7) is 0.681. The molecule has 0 spiro atoms. The Hall–Kier alpha value is -2.44. The summed E-state index contributed by atoms with van der Waals surface area (Å²) in [7, 11) is 4.68. The topological polar surface area (TPSA) is 68.2 Å². The van der Waals surface area contributed by atoms with Crippen molar-refractivity contribution in [1.82, 2.24) is 4.90 Å². The second kappa shape index (κ2) is 8.71. The van der Waals surface area contributed by atoms with Crippen molar-refractivity contribution in [3.8, 4) is 17.2 Å². The molecule has 1 aliphatic heterocycles. The van der Waals surface area contributed by atoms with Gasteiger partial charge in [0.05, 0.1) is 27.4 Å². The molecule has 0 radical (unpaired) electrons. The number of likely N-dealkylation sites (tertiary alicyclic amines) is 1. The summed E-state index contributed by atoms with van der Waals surface area (Å²) in [4.78, 5) is 13.9. The van der Waals surface area contributed by atoms with Crippen LogP contribution < -0.4 is 14.2 Å². The molecule has 1 heterocycles. The number of rotatable bonds is 7. The molecule has 0 aromatic heterocycles. The number of carbonyl (C=O) groups is 1. The normalized spacial score (nSPS) is 17.9. The summed E-state index contributed by atoms with van der Waals surface area (Å²) in [6.07, 6.45) is 1.44. The predicted octanol–water partition coefficient (Wildman–Crippen LogP) is 4.00. The number of hydrogen-bond donors (Lipinski definition) is 1. The van der Waals surface area contributed by atoms with Crippen LogP contribution in [0.4, 0.5) is 0 Å². The molecule has 7 heteroatoms. The zero-order valence-electron chi connectivity index (χ0n) is 16.1. The Kier molecular flexibility index (Phi) is 6.31. The van der Waals surface area contributed by atoms with Gasteiger partial charge < -0.3 is 19.3 Å². The maximum Gasteiger partial charge on any atom is 0.320 e. The Labute approximate surface area is 169 Å². The second-order valence-corrected chi connectivity index (χ2v) is 7.08. The van der Waals surface area contributed by atoms with E-state index in [0.29, 0.717) is 35.2 Å². The number of hydrogen-bond acceptors (Lipinski definition) is 5. The highest BCUT2D eigenvalue weighted by Gasteiger charge is 2.37. The molecular weight excluding hydrogens is 382 g/mol. The number of nitrogens with zero attached hydrogens (tertiary/aromatic N) is 1. The number of halogens is 1. The van der Waals surface area contributed by atoms with Gasteiger partial charge in [0.2, 0.25) is 5.75 Å². The quantitative estimate of drug-likeness (QED) is 0.750. The molecule has 1 N–H and O–H groups in total. The van der Waals surface area contributed by atoms with E-state index in [1.54, 1.807) is 21.3 Å². The summed E-state index contributed by atoms with van der Waals surface area (Å²) in [5.74, 6) is 0.743. The number of aliphatic carboxylic acids is 1. The summed E-state index contributed by atoms with van der Waals surface area (Å²) in [6, 6.07) is 10.4. The first-order valence-electron chi connectivity index (χ1n) is 9.04. The molecule has 0 amide bonds. The fourth-order valence-corrected chi connectivity index (χ4v) is 3.97. The van der Waals surface area contributed by atoms with Gasteiger partial charge in [0, 0.05) is 11.6 Å². The van der Waals surface area contributed by atoms with Crippen molar-refractivity contribution in [3.63, 3.8) is 0 Å². The van der Waals surface area contributed by atoms with Crippen molar-refractivity contribution in [3.05, 3.63) is 52.5 Å². The highest BCUT2D eigenvalue weighted by Crippen LogP contribution is 2.43. The first-order chi connectivity index (χ1) is 13.5. The molecule has 150 valence electrons. The number of carboxylic acids is 1. The van der Waals surface area contributed by atoms with Crippen LogP contribution in [0, 0.1) is 0 Å². The summed E-state index contributed by atoms with van der Waals surface area (Å²) < 4.78 is 16.4. The van der Waals surface area contributed by atoms with E-state index in [0.717, 1.165) is 17.5 Å². The van der Waals surface area contributed by atoms with Crippen molar-refractivity contribution in [2.75, 3.05) is 27.9 Å². The Bertz CT molecular complexity index is 814. The number of carboxylic acid groups (broad SMARTS) is 1. The van der Waals surface area contributed by atoms with E-state index in [4.69, 9.17) is 25.8 Å². The fourth-order valence-electron chi connectivity index (χ4n) is 3.84. The third-order valence-corrected chi connectivity index (χ3v) is 5.35. The summed E-state index contributed by atoms with van der Waals surface area (Å²) >= 11 is 6.07. The molecule has 6 nitrogen and oxygen atoms in total. The van der Waals surface area contributed by atoms with Gasteiger partial charge in [-0.1, -0.05) is 23.7 Å². The van der Waals surface area contributed by atoms with Gasteiger partial charge in [-0.25, -0.2) is 0 Å². The van der Waals surface area contributed by atoms with Crippen molar-refractivity contribution >= 4 is 17.6 Å². The zero-order valence-corrected chi connectivity index (χ0v) is 16.9. The molecule has 0 aliphatic carbocycles.